The number of H-pyrrole nitrogens is 1. The first-order valence-electron chi connectivity index (χ1n) is 8.74. The quantitative estimate of drug-likeness (QED) is 0.569. The maximum absolute atomic E-state index is 12.3. The van der Waals surface area contributed by atoms with Crippen molar-refractivity contribution in [2.45, 2.75) is 26.8 Å². The first kappa shape index (κ1) is 19.1. The fraction of sp³-hybridized carbons (Fsp3) is 0.200. The number of carbonyl (C=O) groups is 2. The molecule has 2 amide bonds. The van der Waals surface area contributed by atoms with Crippen molar-refractivity contribution >= 4 is 28.7 Å². The summed E-state index contributed by atoms with van der Waals surface area (Å²) in [6.45, 7) is 9.08. The molecule has 0 aliphatic carbocycles. The van der Waals surface area contributed by atoms with E-state index in [4.69, 9.17) is 4.74 Å². The molecule has 3 aromatic rings. The molecule has 2 heterocycles. The summed E-state index contributed by atoms with van der Waals surface area (Å²) in [5.41, 5.74) is 2.79. The first-order valence-corrected chi connectivity index (χ1v) is 8.74. The summed E-state index contributed by atoms with van der Waals surface area (Å²) in [6, 6.07) is 5.26. The lowest BCUT2D eigenvalue weighted by atomic mass is 10.2. The molecule has 0 radical (unpaired) electrons. The van der Waals surface area contributed by atoms with Crippen LogP contribution in [0.5, 0.6) is 11.6 Å². The van der Waals surface area contributed by atoms with Gasteiger partial charge in [0.05, 0.1) is 11.8 Å². The van der Waals surface area contributed by atoms with Gasteiger partial charge in [0.15, 0.2) is 5.65 Å². The van der Waals surface area contributed by atoms with Crippen LogP contribution in [-0.4, -0.2) is 32.8 Å². The number of rotatable bonds is 6. The molecule has 3 N–H and O–H groups in total. The van der Waals surface area contributed by atoms with Crippen molar-refractivity contribution in [3.8, 4) is 11.6 Å². The Balaban J connectivity index is 1.88. The molecule has 0 bridgehead atoms. The van der Waals surface area contributed by atoms with E-state index in [1.54, 1.807) is 18.3 Å². The van der Waals surface area contributed by atoms with Gasteiger partial charge in [0.1, 0.15) is 11.3 Å². The van der Waals surface area contributed by atoms with Crippen LogP contribution in [-0.2, 0) is 4.79 Å². The minimum absolute atomic E-state index is 0.00148. The minimum Gasteiger partial charge on any atom is -0.437 e. The summed E-state index contributed by atoms with van der Waals surface area (Å²) in [7, 11) is 0. The number of amides is 2. The maximum Gasteiger partial charge on any atom is 0.255 e. The van der Waals surface area contributed by atoms with Crippen LogP contribution in [0.3, 0.4) is 0 Å². The molecular formula is C20H21N5O3. The van der Waals surface area contributed by atoms with Crippen molar-refractivity contribution in [3.05, 3.63) is 54.4 Å². The molecule has 0 spiro atoms. The third kappa shape index (κ3) is 4.17. The molecule has 8 heteroatoms. The Labute approximate surface area is 162 Å². The van der Waals surface area contributed by atoms with Gasteiger partial charge in [-0.1, -0.05) is 12.6 Å². The van der Waals surface area contributed by atoms with E-state index in [1.165, 1.54) is 12.3 Å². The van der Waals surface area contributed by atoms with Gasteiger partial charge >= 0.3 is 0 Å². The number of nitrogens with zero attached hydrogens (tertiary/aromatic N) is 2. The second-order valence-corrected chi connectivity index (χ2v) is 6.51. The Bertz CT molecular complexity index is 1060. The smallest absolute Gasteiger partial charge is 0.255 e. The lowest BCUT2D eigenvalue weighted by Gasteiger charge is -2.10. The third-order valence-corrected chi connectivity index (χ3v) is 3.90. The first-order chi connectivity index (χ1) is 13.4. The molecule has 0 fully saturated rings. The van der Waals surface area contributed by atoms with E-state index in [-0.39, 0.29) is 23.7 Å². The molecule has 144 valence electrons. The largest absolute Gasteiger partial charge is 0.437 e. The Morgan fingerprint density at radius 2 is 2.11 bits per heavy atom. The summed E-state index contributed by atoms with van der Waals surface area (Å²) >= 11 is 0. The van der Waals surface area contributed by atoms with Gasteiger partial charge in [-0.25, -0.2) is 9.97 Å². The van der Waals surface area contributed by atoms with Crippen LogP contribution in [0.4, 0.5) is 5.69 Å². The second-order valence-electron chi connectivity index (χ2n) is 6.51. The van der Waals surface area contributed by atoms with Crippen LogP contribution in [0.2, 0.25) is 0 Å². The molecule has 1 aromatic carbocycles. The van der Waals surface area contributed by atoms with Crippen LogP contribution in [0.1, 0.15) is 29.8 Å². The number of anilines is 1. The summed E-state index contributed by atoms with van der Waals surface area (Å²) in [6.07, 6.45) is 4.23. The topological polar surface area (TPSA) is 109 Å². The molecule has 0 saturated carbocycles. The zero-order chi connectivity index (χ0) is 20.3. The fourth-order valence-corrected chi connectivity index (χ4v) is 2.54. The molecule has 0 aliphatic heterocycles. The monoisotopic (exact) mass is 379 g/mol. The predicted octanol–water partition coefficient (Wildman–Crippen LogP) is 3.32. The van der Waals surface area contributed by atoms with Gasteiger partial charge in [-0.05, 0) is 38.5 Å². The number of benzene rings is 1. The number of aryl methyl sites for hydroxylation is 1. The highest BCUT2D eigenvalue weighted by Gasteiger charge is 2.16. The number of hydrogen-bond acceptors (Lipinski definition) is 5. The average Bonchev–Trinajstić information content (AvgIpc) is 3.07. The van der Waals surface area contributed by atoms with Crippen molar-refractivity contribution in [2.24, 2.45) is 0 Å². The average molecular weight is 379 g/mol. The number of nitrogens with one attached hydrogen (secondary N) is 3. The normalized spacial score (nSPS) is 10.7. The highest BCUT2D eigenvalue weighted by Crippen LogP contribution is 2.27. The zero-order valence-electron chi connectivity index (χ0n) is 15.9. The fourth-order valence-electron chi connectivity index (χ4n) is 2.54. The van der Waals surface area contributed by atoms with E-state index >= 15 is 0 Å². The van der Waals surface area contributed by atoms with Crippen molar-refractivity contribution < 1.29 is 14.3 Å². The summed E-state index contributed by atoms with van der Waals surface area (Å²) in [5.74, 6) is 0.157. The van der Waals surface area contributed by atoms with E-state index in [1.807, 2.05) is 26.8 Å². The highest BCUT2D eigenvalue weighted by atomic mass is 16.5. The standard InChI is InChI=1S/C20H21N5O3/c1-5-16(26)24-15-8-13(7-6-12(15)4)28-17-10-22-19-18(25-17)14(9-21-19)20(27)23-11(2)3/h5-11H,1H2,2-4H3,(H,21,22)(H,23,27)(H,24,26). The van der Waals surface area contributed by atoms with Crippen molar-refractivity contribution in [2.75, 3.05) is 5.32 Å². The van der Waals surface area contributed by atoms with E-state index in [9.17, 15) is 9.59 Å². The molecule has 0 atom stereocenters. The molecule has 0 aliphatic rings. The molecule has 0 unspecified atom stereocenters. The molecular weight excluding hydrogens is 358 g/mol. The van der Waals surface area contributed by atoms with Crippen molar-refractivity contribution in [1.29, 1.82) is 0 Å². The van der Waals surface area contributed by atoms with Gasteiger partial charge in [-0.15, -0.1) is 0 Å². The van der Waals surface area contributed by atoms with E-state index < -0.39 is 0 Å². The van der Waals surface area contributed by atoms with E-state index in [0.717, 1.165) is 5.56 Å². The highest BCUT2D eigenvalue weighted by molar-refractivity contribution is 6.04. The predicted molar refractivity (Wildman–Crippen MR) is 107 cm³/mol. The van der Waals surface area contributed by atoms with Crippen LogP contribution in [0.15, 0.2) is 43.2 Å². The van der Waals surface area contributed by atoms with Gasteiger partial charge in [-0.2, -0.15) is 0 Å². The molecule has 28 heavy (non-hydrogen) atoms. The minimum atomic E-state index is -0.311. The number of ether oxygens (including phenoxy) is 1. The van der Waals surface area contributed by atoms with E-state index in [0.29, 0.717) is 28.2 Å². The van der Waals surface area contributed by atoms with Gasteiger partial charge in [-0.3, -0.25) is 9.59 Å². The SMILES string of the molecule is C=CC(=O)Nc1cc(Oc2cnc3[nH]cc(C(=O)NC(C)C)c3n2)ccc1C. The third-order valence-electron chi connectivity index (χ3n) is 3.90. The number of aromatic nitrogens is 3. The number of fused-ring (bicyclic) bond motifs is 1. The lowest BCUT2D eigenvalue weighted by Crippen LogP contribution is -2.29. The Kier molecular flexibility index (Phi) is 5.39. The Morgan fingerprint density at radius 1 is 1.32 bits per heavy atom. The summed E-state index contributed by atoms with van der Waals surface area (Å²) < 4.78 is 5.79. The maximum atomic E-state index is 12.3. The number of aromatic amines is 1. The molecule has 0 saturated heterocycles. The number of hydrogen-bond donors (Lipinski definition) is 3. The van der Waals surface area contributed by atoms with Crippen LogP contribution >= 0.6 is 0 Å². The van der Waals surface area contributed by atoms with Crippen LogP contribution < -0.4 is 15.4 Å². The van der Waals surface area contributed by atoms with Gasteiger partial charge in [0.2, 0.25) is 11.8 Å². The van der Waals surface area contributed by atoms with Crippen molar-refractivity contribution in [3.63, 3.8) is 0 Å². The van der Waals surface area contributed by atoms with Crippen LogP contribution in [0.25, 0.3) is 11.2 Å². The molecule has 8 nitrogen and oxygen atoms in total. The van der Waals surface area contributed by atoms with Crippen LogP contribution in [0, 0.1) is 6.92 Å². The lowest BCUT2D eigenvalue weighted by molar-refractivity contribution is -0.111. The molecule has 2 aromatic heterocycles. The van der Waals surface area contributed by atoms with E-state index in [2.05, 4.69) is 32.2 Å². The summed E-state index contributed by atoms with van der Waals surface area (Å²) in [5, 5.41) is 5.55. The van der Waals surface area contributed by atoms with Gasteiger partial charge < -0.3 is 20.4 Å². The second kappa shape index (κ2) is 7.91. The Morgan fingerprint density at radius 3 is 2.82 bits per heavy atom. The van der Waals surface area contributed by atoms with Crippen molar-refractivity contribution in [1.82, 2.24) is 20.3 Å². The Hall–Kier alpha value is -3.68. The van der Waals surface area contributed by atoms with Gasteiger partial charge in [0.25, 0.3) is 5.91 Å². The molecule has 3 rings (SSSR count). The number of carbonyl (C=O) groups excluding carboxylic acids is 2. The summed E-state index contributed by atoms with van der Waals surface area (Å²) in [4.78, 5) is 35.5. The zero-order valence-corrected chi connectivity index (χ0v) is 15.9. The van der Waals surface area contributed by atoms with Gasteiger partial charge in [0, 0.05) is 24.0 Å².